The average Bonchev–Trinajstić information content (AvgIpc) is 2.61. The molecular weight excluding hydrogens is 306 g/mol. The standard InChI is InChI=1S/C19H23NO4/c1-4-14-12-20(19(23)24-3)11-10-16(14)17(13(2)21)18(22)15-8-6-5-7-9-15/h5-9,17H,4,10-12H2,1-3H3. The van der Waals surface area contributed by atoms with Gasteiger partial charge in [0.1, 0.15) is 11.7 Å². The third-order valence-electron chi connectivity index (χ3n) is 4.42. The molecule has 1 amide bonds. The fourth-order valence-electron chi connectivity index (χ4n) is 3.17. The minimum Gasteiger partial charge on any atom is -0.453 e. The Morgan fingerprint density at radius 2 is 1.88 bits per heavy atom. The average molecular weight is 329 g/mol. The number of nitrogens with zero attached hydrogens (tertiary/aromatic N) is 1. The molecule has 1 aliphatic rings. The van der Waals surface area contributed by atoms with E-state index >= 15 is 0 Å². The van der Waals surface area contributed by atoms with Crippen LogP contribution in [0, 0.1) is 5.92 Å². The molecule has 0 bridgehead atoms. The Labute approximate surface area is 142 Å². The van der Waals surface area contributed by atoms with Crippen molar-refractivity contribution < 1.29 is 19.1 Å². The van der Waals surface area contributed by atoms with Crippen molar-refractivity contribution >= 4 is 17.7 Å². The van der Waals surface area contributed by atoms with Crippen molar-refractivity contribution in [1.82, 2.24) is 4.90 Å². The summed E-state index contributed by atoms with van der Waals surface area (Å²) < 4.78 is 4.77. The van der Waals surface area contributed by atoms with Crippen LogP contribution in [-0.2, 0) is 9.53 Å². The second-order valence-electron chi connectivity index (χ2n) is 5.90. The maximum absolute atomic E-state index is 12.9. The molecule has 0 aromatic heterocycles. The highest BCUT2D eigenvalue weighted by atomic mass is 16.5. The van der Waals surface area contributed by atoms with Crippen LogP contribution in [0.15, 0.2) is 41.5 Å². The van der Waals surface area contributed by atoms with Crippen LogP contribution in [-0.4, -0.2) is 42.8 Å². The van der Waals surface area contributed by atoms with E-state index in [1.54, 1.807) is 29.2 Å². The van der Waals surface area contributed by atoms with Gasteiger partial charge in [-0.25, -0.2) is 4.79 Å². The molecule has 0 spiro atoms. The molecule has 5 heteroatoms. The van der Waals surface area contributed by atoms with Crippen LogP contribution in [0.5, 0.6) is 0 Å². The van der Waals surface area contributed by atoms with Gasteiger partial charge in [-0.3, -0.25) is 9.59 Å². The van der Waals surface area contributed by atoms with Gasteiger partial charge in [0.25, 0.3) is 0 Å². The van der Waals surface area contributed by atoms with Crippen LogP contribution in [0.3, 0.4) is 0 Å². The van der Waals surface area contributed by atoms with Crippen molar-refractivity contribution in [3.63, 3.8) is 0 Å². The summed E-state index contributed by atoms with van der Waals surface area (Å²) in [5.41, 5.74) is 2.37. The number of ether oxygens (including phenoxy) is 1. The molecule has 1 aliphatic heterocycles. The highest BCUT2D eigenvalue weighted by molar-refractivity contribution is 6.12. The lowest BCUT2D eigenvalue weighted by Crippen LogP contribution is -2.39. The van der Waals surface area contributed by atoms with Gasteiger partial charge in [0.2, 0.25) is 0 Å². The minimum atomic E-state index is -0.762. The number of methoxy groups -OCH3 is 1. The van der Waals surface area contributed by atoms with Crippen molar-refractivity contribution in [2.24, 2.45) is 5.92 Å². The van der Waals surface area contributed by atoms with Gasteiger partial charge in [0.15, 0.2) is 5.78 Å². The molecule has 0 fully saturated rings. The van der Waals surface area contributed by atoms with Gasteiger partial charge >= 0.3 is 6.09 Å². The van der Waals surface area contributed by atoms with Crippen molar-refractivity contribution in [2.75, 3.05) is 20.2 Å². The molecule has 0 radical (unpaired) electrons. The van der Waals surface area contributed by atoms with E-state index in [0.29, 0.717) is 31.5 Å². The van der Waals surface area contributed by atoms with Gasteiger partial charge in [0, 0.05) is 18.7 Å². The van der Waals surface area contributed by atoms with Gasteiger partial charge in [-0.15, -0.1) is 0 Å². The molecule has 24 heavy (non-hydrogen) atoms. The number of ketones is 2. The Balaban J connectivity index is 2.36. The van der Waals surface area contributed by atoms with Crippen LogP contribution in [0.2, 0.25) is 0 Å². The summed E-state index contributed by atoms with van der Waals surface area (Å²) in [6.45, 7) is 4.29. The molecule has 1 aromatic carbocycles. The third-order valence-corrected chi connectivity index (χ3v) is 4.42. The van der Waals surface area contributed by atoms with Crippen LogP contribution in [0.1, 0.15) is 37.0 Å². The highest BCUT2D eigenvalue weighted by Gasteiger charge is 2.33. The molecule has 0 N–H and O–H groups in total. The normalized spacial score (nSPS) is 15.9. The second kappa shape index (κ2) is 7.90. The fourth-order valence-corrected chi connectivity index (χ4v) is 3.17. The summed E-state index contributed by atoms with van der Waals surface area (Å²) in [6, 6.07) is 8.88. The van der Waals surface area contributed by atoms with Crippen LogP contribution in [0.25, 0.3) is 0 Å². The summed E-state index contributed by atoms with van der Waals surface area (Å²) in [4.78, 5) is 38.4. The Hall–Kier alpha value is -2.43. The third kappa shape index (κ3) is 3.72. The molecule has 128 valence electrons. The van der Waals surface area contributed by atoms with E-state index in [0.717, 1.165) is 11.1 Å². The molecular formula is C19H23NO4. The van der Waals surface area contributed by atoms with Gasteiger partial charge in [-0.1, -0.05) is 42.8 Å². The van der Waals surface area contributed by atoms with Crippen LogP contribution >= 0.6 is 0 Å². The van der Waals surface area contributed by atoms with Crippen molar-refractivity contribution in [3.05, 3.63) is 47.0 Å². The quantitative estimate of drug-likeness (QED) is 0.472. The molecule has 0 saturated heterocycles. The first-order valence-corrected chi connectivity index (χ1v) is 8.13. The summed E-state index contributed by atoms with van der Waals surface area (Å²) in [5.74, 6) is -1.09. The minimum absolute atomic E-state index is 0.156. The van der Waals surface area contributed by atoms with E-state index in [1.807, 2.05) is 13.0 Å². The molecule has 1 aromatic rings. The number of carbonyl (C=O) groups is 3. The zero-order chi connectivity index (χ0) is 17.7. The first kappa shape index (κ1) is 17.9. The van der Waals surface area contributed by atoms with Crippen molar-refractivity contribution in [2.45, 2.75) is 26.7 Å². The molecule has 1 unspecified atom stereocenters. The molecule has 5 nitrogen and oxygen atoms in total. The smallest absolute Gasteiger partial charge is 0.409 e. The van der Waals surface area contributed by atoms with Gasteiger partial charge in [0.05, 0.1) is 7.11 Å². The second-order valence-corrected chi connectivity index (χ2v) is 5.90. The SMILES string of the molecule is CCC1=C(C(C(C)=O)C(=O)c2ccccc2)CCN(C(=O)OC)C1. The number of rotatable bonds is 5. The topological polar surface area (TPSA) is 63.7 Å². The summed E-state index contributed by atoms with van der Waals surface area (Å²) >= 11 is 0. The molecule has 1 heterocycles. The summed E-state index contributed by atoms with van der Waals surface area (Å²) in [5, 5.41) is 0. The predicted octanol–water partition coefficient (Wildman–Crippen LogP) is 3.25. The first-order valence-electron chi connectivity index (χ1n) is 8.13. The maximum Gasteiger partial charge on any atom is 0.409 e. The number of Topliss-reactive ketones (excluding diaryl/α,β-unsaturated/α-hetero) is 2. The molecule has 1 atom stereocenters. The molecule has 2 rings (SSSR count). The lowest BCUT2D eigenvalue weighted by Gasteiger charge is -2.32. The van der Waals surface area contributed by atoms with Crippen LogP contribution in [0.4, 0.5) is 4.79 Å². The Morgan fingerprint density at radius 3 is 2.42 bits per heavy atom. The van der Waals surface area contributed by atoms with Gasteiger partial charge < -0.3 is 9.64 Å². The Morgan fingerprint density at radius 1 is 1.21 bits per heavy atom. The van der Waals surface area contributed by atoms with Gasteiger partial charge in [-0.05, 0) is 25.3 Å². The monoisotopic (exact) mass is 329 g/mol. The highest BCUT2D eigenvalue weighted by Crippen LogP contribution is 2.30. The Kier molecular flexibility index (Phi) is 5.90. The number of hydrogen-bond donors (Lipinski definition) is 0. The summed E-state index contributed by atoms with van der Waals surface area (Å²) in [6.07, 6.45) is 0.823. The molecule has 0 saturated carbocycles. The van der Waals surface area contributed by atoms with E-state index in [-0.39, 0.29) is 17.7 Å². The Bertz CT molecular complexity index is 663. The van der Waals surface area contributed by atoms with E-state index < -0.39 is 5.92 Å². The zero-order valence-electron chi connectivity index (χ0n) is 14.4. The predicted molar refractivity (Wildman–Crippen MR) is 90.9 cm³/mol. The fraction of sp³-hybridized carbons (Fsp3) is 0.421. The van der Waals surface area contributed by atoms with Crippen LogP contribution < -0.4 is 0 Å². The number of hydrogen-bond acceptors (Lipinski definition) is 4. The number of amides is 1. The van der Waals surface area contributed by atoms with E-state index in [9.17, 15) is 14.4 Å². The summed E-state index contributed by atoms with van der Waals surface area (Å²) in [7, 11) is 1.35. The zero-order valence-corrected chi connectivity index (χ0v) is 14.4. The van der Waals surface area contributed by atoms with Crippen molar-refractivity contribution in [3.8, 4) is 0 Å². The van der Waals surface area contributed by atoms with E-state index in [2.05, 4.69) is 0 Å². The first-order chi connectivity index (χ1) is 11.5. The van der Waals surface area contributed by atoms with E-state index in [1.165, 1.54) is 14.0 Å². The lowest BCUT2D eigenvalue weighted by atomic mass is 9.81. The van der Waals surface area contributed by atoms with Crippen molar-refractivity contribution in [1.29, 1.82) is 0 Å². The lowest BCUT2D eigenvalue weighted by molar-refractivity contribution is -0.118. The number of benzene rings is 1. The maximum atomic E-state index is 12.9. The molecule has 0 aliphatic carbocycles. The largest absolute Gasteiger partial charge is 0.453 e. The number of carbonyl (C=O) groups excluding carboxylic acids is 3. The van der Waals surface area contributed by atoms with E-state index in [4.69, 9.17) is 4.74 Å². The van der Waals surface area contributed by atoms with Gasteiger partial charge in [-0.2, -0.15) is 0 Å².